The van der Waals surface area contributed by atoms with Gasteiger partial charge in [0, 0.05) is 7.11 Å². The molecule has 0 saturated carbocycles. The van der Waals surface area contributed by atoms with Crippen LogP contribution in [0.3, 0.4) is 0 Å². The summed E-state index contributed by atoms with van der Waals surface area (Å²) < 4.78 is 65.8. The topological polar surface area (TPSA) is 98.8 Å². The molecule has 0 aliphatic rings. The Morgan fingerprint density at radius 3 is 1.87 bits per heavy atom. The predicted octanol–water partition coefficient (Wildman–Crippen LogP) is 9.84. The number of ether oxygens (including phenoxy) is 2. The second-order valence-electron chi connectivity index (χ2n) is 10.3. The van der Waals surface area contributed by atoms with Crippen molar-refractivity contribution in [1.82, 2.24) is 0 Å². The fourth-order valence-corrected chi connectivity index (χ4v) is 6.04. The lowest BCUT2D eigenvalue weighted by Gasteiger charge is -2.21. The smallest absolute Gasteiger partial charge is 0.466 e. The largest absolute Gasteiger partial charge is 0.532 e. The van der Waals surface area contributed by atoms with Crippen molar-refractivity contribution < 1.29 is 41.2 Å². The summed E-state index contributed by atoms with van der Waals surface area (Å²) in [5, 5.41) is 0. The molecule has 0 aromatic heterocycles. The maximum absolute atomic E-state index is 13.2. The maximum atomic E-state index is 13.2. The molecule has 4 aromatic rings. The van der Waals surface area contributed by atoms with Crippen LogP contribution in [0.2, 0.25) is 0 Å². The van der Waals surface area contributed by atoms with Crippen molar-refractivity contribution in [3.05, 3.63) is 108 Å². The average molecular weight is 655 g/mol. The van der Waals surface area contributed by atoms with Crippen LogP contribution in [-0.2, 0) is 29.1 Å². The highest BCUT2D eigenvalue weighted by Crippen LogP contribution is 2.49. The second-order valence-corrected chi connectivity index (χ2v) is 14.0. The minimum absolute atomic E-state index is 0.334. The van der Waals surface area contributed by atoms with Gasteiger partial charge in [0.05, 0.1) is 12.2 Å². The maximum Gasteiger partial charge on any atom is 0.532 e. The fourth-order valence-electron chi connectivity index (χ4n) is 4.45. The van der Waals surface area contributed by atoms with E-state index in [9.17, 15) is 9.13 Å². The van der Waals surface area contributed by atoms with E-state index in [-0.39, 0.29) is 6.79 Å². The third-order valence-electron chi connectivity index (χ3n) is 6.63. The van der Waals surface area contributed by atoms with Crippen molar-refractivity contribution in [2.24, 2.45) is 0 Å². The molecule has 4 aromatic carbocycles. The quantitative estimate of drug-likeness (QED) is 0.0590. The number of hydrogen-bond donors (Lipinski definition) is 0. The van der Waals surface area contributed by atoms with Gasteiger partial charge in [0.1, 0.15) is 23.0 Å². The summed E-state index contributed by atoms with van der Waals surface area (Å²) >= 11 is 0. The average Bonchev–Trinajstić information content (AvgIpc) is 3.02. The summed E-state index contributed by atoms with van der Waals surface area (Å²) in [6.07, 6.45) is 3.86. The number of para-hydroxylation sites is 2. The van der Waals surface area contributed by atoms with Crippen molar-refractivity contribution in [3.8, 4) is 34.1 Å². The lowest BCUT2D eigenvalue weighted by Crippen LogP contribution is -2.09. The zero-order valence-corrected chi connectivity index (χ0v) is 27.8. The number of hydrogen-bond acceptors (Lipinski definition) is 9. The van der Waals surface area contributed by atoms with Gasteiger partial charge in [-0.05, 0) is 67.3 Å². The van der Waals surface area contributed by atoms with Crippen LogP contribution in [0.4, 0.5) is 0 Å². The first-order chi connectivity index (χ1) is 21.7. The van der Waals surface area contributed by atoms with Crippen LogP contribution < -0.4 is 18.5 Å². The Hall–Kier alpha value is -3.58. The Morgan fingerprint density at radius 2 is 1.29 bits per heavy atom. The molecule has 4 rings (SSSR count). The molecule has 0 fully saturated rings. The second kappa shape index (κ2) is 16.6. The number of benzene rings is 4. The zero-order valence-electron chi connectivity index (χ0n) is 26.0. The van der Waals surface area contributed by atoms with Crippen LogP contribution in [0.1, 0.15) is 37.3 Å². The lowest BCUT2D eigenvalue weighted by atomic mass is 9.97. The molecular weight excluding hydrogens is 614 g/mol. The third-order valence-corrected chi connectivity index (χ3v) is 9.05. The molecule has 0 bridgehead atoms. The molecule has 0 N–H and O–H groups in total. The van der Waals surface area contributed by atoms with Gasteiger partial charge in [0.15, 0.2) is 6.79 Å². The fraction of sp³-hybridized carbons (Fsp3) is 0.294. The molecule has 11 heteroatoms. The molecule has 0 radical (unpaired) electrons. The molecule has 9 nitrogen and oxygen atoms in total. The van der Waals surface area contributed by atoms with Crippen molar-refractivity contribution in [1.29, 1.82) is 0 Å². The summed E-state index contributed by atoms with van der Waals surface area (Å²) in [6, 6.07) is 29.1. The molecule has 0 saturated heterocycles. The van der Waals surface area contributed by atoms with E-state index in [1.165, 1.54) is 13.8 Å². The highest BCUT2D eigenvalue weighted by molar-refractivity contribution is 7.53. The molecule has 2 atom stereocenters. The number of phosphoric ester groups is 1. The predicted molar refractivity (Wildman–Crippen MR) is 175 cm³/mol. The van der Waals surface area contributed by atoms with E-state index in [0.29, 0.717) is 28.6 Å². The zero-order chi connectivity index (χ0) is 32.1. The van der Waals surface area contributed by atoms with Crippen LogP contribution in [0.5, 0.6) is 23.0 Å². The first kappa shape index (κ1) is 34.3. The van der Waals surface area contributed by atoms with E-state index < -0.39 is 22.2 Å². The van der Waals surface area contributed by atoms with Gasteiger partial charge in [-0.25, -0.2) is 13.7 Å². The van der Waals surface area contributed by atoms with E-state index in [1.807, 2.05) is 55.5 Å². The lowest BCUT2D eigenvalue weighted by molar-refractivity contribution is 0.0779. The Balaban J connectivity index is 1.60. The summed E-state index contributed by atoms with van der Waals surface area (Å²) in [5.41, 5.74) is 3.42. The highest BCUT2D eigenvalue weighted by Gasteiger charge is 2.28. The van der Waals surface area contributed by atoms with Crippen LogP contribution in [-0.4, -0.2) is 27.4 Å². The van der Waals surface area contributed by atoms with Gasteiger partial charge in [-0.2, -0.15) is 0 Å². The summed E-state index contributed by atoms with van der Waals surface area (Å²) in [7, 11) is -6.24. The van der Waals surface area contributed by atoms with Gasteiger partial charge in [-0.1, -0.05) is 86.0 Å². The molecule has 0 heterocycles. The molecular formula is C34H40O9P2. The summed E-state index contributed by atoms with van der Waals surface area (Å²) in [4.78, 5) is 0. The van der Waals surface area contributed by atoms with Gasteiger partial charge in [-0.15, -0.1) is 0 Å². The van der Waals surface area contributed by atoms with Gasteiger partial charge in [0.2, 0.25) is 6.79 Å². The Labute approximate surface area is 265 Å². The monoisotopic (exact) mass is 654 g/mol. The first-order valence-electron chi connectivity index (χ1n) is 14.7. The Kier molecular flexibility index (Phi) is 12.7. The van der Waals surface area contributed by atoms with Gasteiger partial charge in [0.25, 0.3) is 0 Å². The number of rotatable bonds is 18. The Bertz CT molecular complexity index is 1600. The van der Waals surface area contributed by atoms with Gasteiger partial charge >= 0.3 is 15.4 Å². The third kappa shape index (κ3) is 10.8. The number of aryl methyl sites for hydroxylation is 2. The van der Waals surface area contributed by atoms with Crippen molar-refractivity contribution >= 4 is 15.4 Å². The highest BCUT2D eigenvalue weighted by atomic mass is 31.2. The minimum atomic E-state index is -3.99. The first-order valence-corrected chi connectivity index (χ1v) is 18.2. The van der Waals surface area contributed by atoms with Crippen LogP contribution in [0.25, 0.3) is 11.1 Å². The van der Waals surface area contributed by atoms with Crippen LogP contribution in [0.15, 0.2) is 97.1 Å². The number of phosphoric acid groups is 1. The van der Waals surface area contributed by atoms with Gasteiger partial charge in [-0.3, -0.25) is 9.05 Å². The minimum Gasteiger partial charge on any atom is -0.466 e. The van der Waals surface area contributed by atoms with Crippen LogP contribution >= 0.6 is 15.4 Å². The van der Waals surface area contributed by atoms with Crippen molar-refractivity contribution in [2.45, 2.75) is 39.5 Å². The SMILES string of the molecule is CCCCCc1cc(OCOP(C)(=O)Oc2ccccc2)c(-c2cccc(C)c2)c(OCOP(=O)(OC)Oc2ccccc2)c1. The molecule has 45 heavy (non-hydrogen) atoms. The van der Waals surface area contributed by atoms with Crippen molar-refractivity contribution in [2.75, 3.05) is 27.4 Å². The van der Waals surface area contributed by atoms with E-state index in [1.54, 1.807) is 48.5 Å². The molecule has 0 aliphatic carbocycles. The van der Waals surface area contributed by atoms with E-state index >= 15 is 0 Å². The molecule has 0 spiro atoms. The summed E-state index contributed by atoms with van der Waals surface area (Å²) in [6.45, 7) is 4.76. The normalized spacial score (nSPS) is 13.8. The molecule has 2 unspecified atom stereocenters. The van der Waals surface area contributed by atoms with E-state index in [4.69, 9.17) is 32.1 Å². The van der Waals surface area contributed by atoms with E-state index in [0.717, 1.165) is 42.4 Å². The van der Waals surface area contributed by atoms with Crippen molar-refractivity contribution in [3.63, 3.8) is 0 Å². The molecule has 0 amide bonds. The molecule has 0 aliphatic heterocycles. The van der Waals surface area contributed by atoms with Gasteiger partial charge < -0.3 is 18.5 Å². The van der Waals surface area contributed by atoms with Crippen LogP contribution in [0, 0.1) is 6.92 Å². The summed E-state index contributed by atoms with van der Waals surface area (Å²) in [5.74, 6) is 1.66. The standard InChI is InChI=1S/C34H40O9P2/c1-5-6-9-16-28-23-32(38-25-40-44(4,35)42-30-18-10-7-11-19-30)34(29-17-14-15-27(2)22-29)33(24-28)39-26-41-45(36,37-3)43-31-20-12-8-13-21-31/h7-8,10-15,17-24H,5-6,9,16,25-26H2,1-4H3. The number of unbranched alkanes of at least 4 members (excludes halogenated alkanes) is 2. The molecule has 240 valence electrons. The Morgan fingerprint density at radius 1 is 0.689 bits per heavy atom. The van der Waals surface area contributed by atoms with E-state index in [2.05, 4.69) is 6.92 Å².